The number of pyridine rings is 1. The number of aromatic nitrogens is 5. The van der Waals surface area contributed by atoms with Gasteiger partial charge in [-0.25, -0.2) is 9.97 Å². The van der Waals surface area contributed by atoms with Crippen molar-refractivity contribution in [2.24, 2.45) is 0 Å². The molecule has 4 aromatic rings. The summed E-state index contributed by atoms with van der Waals surface area (Å²) in [4.78, 5) is 16.3. The van der Waals surface area contributed by atoms with E-state index in [4.69, 9.17) is 14.7 Å². The van der Waals surface area contributed by atoms with Crippen molar-refractivity contribution in [2.75, 3.05) is 31.2 Å². The summed E-state index contributed by atoms with van der Waals surface area (Å²) in [6, 6.07) is 11.9. The zero-order chi connectivity index (χ0) is 16.6. The third-order valence-corrected chi connectivity index (χ3v) is 4.43. The number of benzene rings is 1. The molecule has 0 bridgehead atoms. The van der Waals surface area contributed by atoms with Crippen molar-refractivity contribution in [1.29, 1.82) is 0 Å². The summed E-state index contributed by atoms with van der Waals surface area (Å²) in [5.74, 6) is 1.45. The molecule has 0 unspecified atom stereocenters. The minimum absolute atomic E-state index is 0.611. The zero-order valence-electron chi connectivity index (χ0n) is 13.5. The number of rotatable bonds is 2. The molecule has 1 fully saturated rings. The van der Waals surface area contributed by atoms with E-state index < -0.39 is 0 Å². The van der Waals surface area contributed by atoms with Gasteiger partial charge in [0, 0.05) is 24.7 Å². The Morgan fingerprint density at radius 2 is 1.88 bits per heavy atom. The number of morpholine rings is 1. The Hall–Kier alpha value is -3.06. The number of H-pyrrole nitrogens is 1. The number of hydrogen-bond acceptors (Lipinski definition) is 6. The zero-order valence-corrected chi connectivity index (χ0v) is 13.5. The molecule has 1 aliphatic heterocycles. The topological polar surface area (TPSA) is 79.8 Å². The second-order valence-corrected chi connectivity index (χ2v) is 5.96. The highest BCUT2D eigenvalue weighted by molar-refractivity contribution is 5.93. The first-order valence-electron chi connectivity index (χ1n) is 8.29. The molecule has 1 aliphatic rings. The van der Waals surface area contributed by atoms with E-state index in [-0.39, 0.29) is 0 Å². The predicted octanol–water partition coefficient (Wildman–Crippen LogP) is 2.40. The van der Waals surface area contributed by atoms with Crippen LogP contribution in [0.25, 0.3) is 33.5 Å². The lowest BCUT2D eigenvalue weighted by molar-refractivity contribution is 0.122. The van der Waals surface area contributed by atoms with Crippen LogP contribution < -0.4 is 4.90 Å². The van der Waals surface area contributed by atoms with Crippen LogP contribution in [-0.4, -0.2) is 51.5 Å². The van der Waals surface area contributed by atoms with Gasteiger partial charge in [0.05, 0.1) is 24.2 Å². The number of nitrogens with one attached hydrogen (secondary N) is 1. The van der Waals surface area contributed by atoms with Crippen LogP contribution in [0.4, 0.5) is 5.82 Å². The molecule has 3 aromatic heterocycles. The molecule has 1 aromatic carbocycles. The van der Waals surface area contributed by atoms with Gasteiger partial charge in [-0.05, 0) is 18.2 Å². The standard InChI is InChI=1S/C18H16N6O/c1-2-5-13-12(4-1)15(23-22-13)17-20-14-6-3-7-19-16(14)18(21-17)24-8-10-25-11-9-24/h1-7H,8-11H2,(H,22,23). The lowest BCUT2D eigenvalue weighted by Crippen LogP contribution is -2.37. The number of nitrogens with zero attached hydrogens (tertiary/aromatic N) is 5. The Labute approximate surface area is 143 Å². The van der Waals surface area contributed by atoms with Gasteiger partial charge in [-0.15, -0.1) is 0 Å². The van der Waals surface area contributed by atoms with Crippen LogP contribution in [0.15, 0.2) is 42.6 Å². The van der Waals surface area contributed by atoms with E-state index in [1.807, 2.05) is 36.4 Å². The van der Waals surface area contributed by atoms with Crippen LogP contribution in [0.1, 0.15) is 0 Å². The van der Waals surface area contributed by atoms with Crippen molar-refractivity contribution in [1.82, 2.24) is 25.1 Å². The molecular formula is C18H16N6O. The number of anilines is 1. The summed E-state index contributed by atoms with van der Waals surface area (Å²) < 4.78 is 5.47. The van der Waals surface area contributed by atoms with Crippen molar-refractivity contribution < 1.29 is 4.74 Å². The van der Waals surface area contributed by atoms with E-state index in [2.05, 4.69) is 20.1 Å². The van der Waals surface area contributed by atoms with E-state index in [1.165, 1.54) is 0 Å². The van der Waals surface area contributed by atoms with E-state index in [0.29, 0.717) is 19.0 Å². The molecule has 0 spiro atoms. The number of fused-ring (bicyclic) bond motifs is 2. The van der Waals surface area contributed by atoms with Crippen molar-refractivity contribution in [2.45, 2.75) is 0 Å². The van der Waals surface area contributed by atoms with Crippen LogP contribution in [0, 0.1) is 0 Å². The normalized spacial score (nSPS) is 15.1. The highest BCUT2D eigenvalue weighted by Gasteiger charge is 2.20. The van der Waals surface area contributed by atoms with Gasteiger partial charge in [-0.1, -0.05) is 18.2 Å². The van der Waals surface area contributed by atoms with E-state index >= 15 is 0 Å². The molecule has 5 rings (SSSR count). The Kier molecular flexibility index (Phi) is 3.31. The Morgan fingerprint density at radius 1 is 1.00 bits per heavy atom. The number of aromatic amines is 1. The second-order valence-electron chi connectivity index (χ2n) is 5.96. The van der Waals surface area contributed by atoms with E-state index in [1.54, 1.807) is 6.20 Å². The molecule has 124 valence electrons. The smallest absolute Gasteiger partial charge is 0.183 e. The largest absolute Gasteiger partial charge is 0.378 e. The van der Waals surface area contributed by atoms with Gasteiger partial charge in [0.25, 0.3) is 0 Å². The molecule has 0 atom stereocenters. The Morgan fingerprint density at radius 3 is 2.80 bits per heavy atom. The third kappa shape index (κ3) is 2.40. The number of hydrogen-bond donors (Lipinski definition) is 1. The average molecular weight is 332 g/mol. The quantitative estimate of drug-likeness (QED) is 0.607. The van der Waals surface area contributed by atoms with Crippen molar-refractivity contribution in [3.8, 4) is 11.5 Å². The molecule has 7 nitrogen and oxygen atoms in total. The molecule has 4 heterocycles. The van der Waals surface area contributed by atoms with Crippen molar-refractivity contribution in [3.63, 3.8) is 0 Å². The summed E-state index contributed by atoms with van der Waals surface area (Å²) in [6.07, 6.45) is 1.78. The SMILES string of the molecule is c1cnc2c(N3CCOCC3)nc(-c3n[nH]c4ccccc34)nc2c1. The first-order chi connectivity index (χ1) is 12.4. The van der Waals surface area contributed by atoms with Crippen LogP contribution in [0.3, 0.4) is 0 Å². The summed E-state index contributed by atoms with van der Waals surface area (Å²) in [5, 5.41) is 8.51. The van der Waals surface area contributed by atoms with E-state index in [0.717, 1.165) is 46.5 Å². The maximum atomic E-state index is 5.47. The molecule has 0 aliphatic carbocycles. The molecular weight excluding hydrogens is 316 g/mol. The molecule has 1 saturated heterocycles. The molecule has 7 heteroatoms. The fourth-order valence-electron chi connectivity index (χ4n) is 3.19. The highest BCUT2D eigenvalue weighted by Crippen LogP contribution is 2.29. The monoisotopic (exact) mass is 332 g/mol. The number of para-hydroxylation sites is 1. The maximum absolute atomic E-state index is 5.47. The van der Waals surface area contributed by atoms with E-state index in [9.17, 15) is 0 Å². The summed E-state index contributed by atoms with van der Waals surface area (Å²) in [6.45, 7) is 2.98. The number of ether oxygens (including phenoxy) is 1. The van der Waals surface area contributed by atoms with Gasteiger partial charge in [0.15, 0.2) is 11.6 Å². The fourth-order valence-corrected chi connectivity index (χ4v) is 3.19. The minimum Gasteiger partial charge on any atom is -0.378 e. The minimum atomic E-state index is 0.611. The van der Waals surface area contributed by atoms with Gasteiger partial charge >= 0.3 is 0 Å². The van der Waals surface area contributed by atoms with Crippen LogP contribution in [0.2, 0.25) is 0 Å². The maximum Gasteiger partial charge on any atom is 0.183 e. The summed E-state index contributed by atoms with van der Waals surface area (Å²) in [5.41, 5.74) is 3.37. The van der Waals surface area contributed by atoms with Crippen LogP contribution in [0.5, 0.6) is 0 Å². The molecule has 0 radical (unpaired) electrons. The van der Waals surface area contributed by atoms with Crippen molar-refractivity contribution >= 4 is 27.8 Å². The fraction of sp³-hybridized carbons (Fsp3) is 0.222. The molecule has 0 amide bonds. The first-order valence-corrected chi connectivity index (χ1v) is 8.29. The van der Waals surface area contributed by atoms with Crippen LogP contribution in [-0.2, 0) is 4.74 Å². The second kappa shape index (κ2) is 5.78. The Bertz CT molecular complexity index is 1050. The van der Waals surface area contributed by atoms with Crippen LogP contribution >= 0.6 is 0 Å². The molecule has 25 heavy (non-hydrogen) atoms. The average Bonchev–Trinajstić information content (AvgIpc) is 3.12. The summed E-state index contributed by atoms with van der Waals surface area (Å²) >= 11 is 0. The Balaban J connectivity index is 1.73. The first kappa shape index (κ1) is 14.3. The third-order valence-electron chi connectivity index (χ3n) is 4.43. The van der Waals surface area contributed by atoms with Gasteiger partial charge in [0.1, 0.15) is 11.2 Å². The highest BCUT2D eigenvalue weighted by atomic mass is 16.5. The van der Waals surface area contributed by atoms with Gasteiger partial charge in [-0.3, -0.25) is 10.1 Å². The molecule has 0 saturated carbocycles. The lowest BCUT2D eigenvalue weighted by atomic mass is 10.2. The molecule has 1 N–H and O–H groups in total. The lowest BCUT2D eigenvalue weighted by Gasteiger charge is -2.28. The van der Waals surface area contributed by atoms with Gasteiger partial charge in [0.2, 0.25) is 0 Å². The van der Waals surface area contributed by atoms with Gasteiger partial charge in [-0.2, -0.15) is 5.10 Å². The summed E-state index contributed by atoms with van der Waals surface area (Å²) in [7, 11) is 0. The van der Waals surface area contributed by atoms with Crippen molar-refractivity contribution in [3.05, 3.63) is 42.6 Å². The van der Waals surface area contributed by atoms with Gasteiger partial charge < -0.3 is 9.64 Å². The predicted molar refractivity (Wildman–Crippen MR) is 95.5 cm³/mol.